The molecule has 0 aromatic heterocycles. The summed E-state index contributed by atoms with van der Waals surface area (Å²) in [5.74, 6) is 0.778. The monoisotopic (exact) mass is 147 g/mol. The summed E-state index contributed by atoms with van der Waals surface area (Å²) in [5.41, 5.74) is 6.78. The van der Waals surface area contributed by atoms with E-state index in [1.54, 1.807) is 18.0 Å². The van der Waals surface area contributed by atoms with E-state index in [2.05, 4.69) is 10.5 Å². The molecule has 0 aliphatic rings. The van der Waals surface area contributed by atoms with E-state index in [1.807, 2.05) is 6.26 Å². The highest BCUT2D eigenvalue weighted by atomic mass is 32.2. The summed E-state index contributed by atoms with van der Waals surface area (Å²) in [7, 11) is 0. The first-order valence-electron chi connectivity index (χ1n) is 2.33. The van der Waals surface area contributed by atoms with Crippen molar-refractivity contribution in [2.24, 2.45) is 10.8 Å². The third-order valence-corrected chi connectivity index (χ3v) is 0.990. The summed E-state index contributed by atoms with van der Waals surface area (Å²) in [4.78, 5) is 9.95. The third kappa shape index (κ3) is 7.29. The van der Waals surface area contributed by atoms with Gasteiger partial charge in [-0.3, -0.25) is 0 Å². The van der Waals surface area contributed by atoms with Crippen LogP contribution in [0.1, 0.15) is 0 Å². The van der Waals surface area contributed by atoms with E-state index >= 15 is 0 Å². The molecule has 0 saturated heterocycles. The first-order valence-corrected chi connectivity index (χ1v) is 3.72. The lowest BCUT2D eigenvalue weighted by Crippen LogP contribution is -2.24. The van der Waals surface area contributed by atoms with E-state index in [-0.39, 0.29) is 0 Å². The number of rotatable bonds is 3. The zero-order valence-electron chi connectivity index (χ0n) is 5.13. The van der Waals surface area contributed by atoms with Crippen LogP contribution < -0.4 is 11.2 Å². The van der Waals surface area contributed by atoms with E-state index in [9.17, 15) is 4.79 Å². The van der Waals surface area contributed by atoms with Gasteiger partial charge in [-0.2, -0.15) is 16.9 Å². The standard InChI is InChI=1S/C4H9N3OS/c1-9-3-2-6-7-4(5)8/h2H,3H2,1H3,(H3,5,7,8)/b6-2-. The van der Waals surface area contributed by atoms with E-state index in [1.165, 1.54) is 0 Å². The molecule has 9 heavy (non-hydrogen) atoms. The quantitative estimate of drug-likeness (QED) is 0.436. The number of amides is 2. The minimum Gasteiger partial charge on any atom is -0.350 e. The van der Waals surface area contributed by atoms with Crippen LogP contribution in [0, 0.1) is 0 Å². The Morgan fingerprint density at radius 3 is 3.11 bits per heavy atom. The topological polar surface area (TPSA) is 67.5 Å². The second kappa shape index (κ2) is 5.43. The van der Waals surface area contributed by atoms with Crippen LogP contribution in [0.15, 0.2) is 5.10 Å². The third-order valence-electron chi connectivity index (χ3n) is 0.507. The summed E-state index contributed by atoms with van der Waals surface area (Å²) >= 11 is 1.61. The van der Waals surface area contributed by atoms with Crippen LogP contribution in [0.4, 0.5) is 4.79 Å². The number of primary amides is 1. The van der Waals surface area contributed by atoms with Crippen LogP contribution in [0.2, 0.25) is 0 Å². The zero-order chi connectivity index (χ0) is 7.11. The van der Waals surface area contributed by atoms with Crippen molar-refractivity contribution in [1.29, 1.82) is 0 Å². The van der Waals surface area contributed by atoms with Gasteiger partial charge in [0, 0.05) is 12.0 Å². The second-order valence-electron chi connectivity index (χ2n) is 1.24. The number of hydrogen-bond donors (Lipinski definition) is 2. The Hall–Kier alpha value is -0.710. The molecular formula is C4H9N3OS. The van der Waals surface area contributed by atoms with Gasteiger partial charge in [0.15, 0.2) is 0 Å². The number of carbonyl (C=O) groups is 1. The normalized spacial score (nSPS) is 9.89. The van der Waals surface area contributed by atoms with Crippen molar-refractivity contribution < 1.29 is 4.79 Å². The minimum absolute atomic E-state index is 0.632. The zero-order valence-corrected chi connectivity index (χ0v) is 5.94. The van der Waals surface area contributed by atoms with Gasteiger partial charge in [0.1, 0.15) is 0 Å². The Kier molecular flexibility index (Phi) is 5.00. The molecule has 0 aliphatic carbocycles. The molecule has 0 saturated carbocycles. The van der Waals surface area contributed by atoms with Crippen LogP contribution in [0.3, 0.4) is 0 Å². The number of nitrogens with zero attached hydrogens (tertiary/aromatic N) is 1. The molecule has 0 radical (unpaired) electrons. The molecule has 0 fully saturated rings. The summed E-state index contributed by atoms with van der Waals surface area (Å²) in [5, 5.41) is 3.49. The maximum absolute atomic E-state index is 9.95. The Balaban J connectivity index is 3.14. The molecule has 4 nitrogen and oxygen atoms in total. The lowest BCUT2D eigenvalue weighted by atomic mass is 10.9. The molecule has 0 aromatic carbocycles. The van der Waals surface area contributed by atoms with Gasteiger partial charge in [0.25, 0.3) is 0 Å². The van der Waals surface area contributed by atoms with Crippen molar-refractivity contribution in [3.63, 3.8) is 0 Å². The highest BCUT2D eigenvalue weighted by molar-refractivity contribution is 7.99. The molecule has 2 amide bonds. The van der Waals surface area contributed by atoms with Gasteiger partial charge < -0.3 is 5.73 Å². The number of nitrogens with one attached hydrogen (secondary N) is 1. The first kappa shape index (κ1) is 8.29. The largest absolute Gasteiger partial charge is 0.350 e. The summed E-state index contributed by atoms with van der Waals surface area (Å²) < 4.78 is 0. The number of nitrogens with two attached hydrogens (primary N) is 1. The molecule has 0 rings (SSSR count). The molecule has 52 valence electrons. The van der Waals surface area contributed by atoms with Crippen LogP contribution in [0.25, 0.3) is 0 Å². The molecule has 0 aromatic rings. The minimum atomic E-state index is -0.632. The van der Waals surface area contributed by atoms with Crippen molar-refractivity contribution in [3.05, 3.63) is 0 Å². The summed E-state index contributed by atoms with van der Waals surface area (Å²) in [6, 6.07) is -0.632. The lowest BCUT2D eigenvalue weighted by Gasteiger charge is -1.88. The fourth-order valence-corrected chi connectivity index (χ4v) is 0.445. The number of urea groups is 1. The number of thioether (sulfide) groups is 1. The molecule has 5 heteroatoms. The molecule has 0 heterocycles. The van der Waals surface area contributed by atoms with Crippen molar-refractivity contribution >= 4 is 24.0 Å². The molecule has 3 N–H and O–H groups in total. The van der Waals surface area contributed by atoms with Gasteiger partial charge >= 0.3 is 6.03 Å². The molecule has 0 atom stereocenters. The van der Waals surface area contributed by atoms with Crippen molar-refractivity contribution in [2.45, 2.75) is 0 Å². The van der Waals surface area contributed by atoms with Crippen LogP contribution in [0.5, 0.6) is 0 Å². The van der Waals surface area contributed by atoms with Gasteiger partial charge in [-0.25, -0.2) is 10.2 Å². The Bertz CT molecular complexity index is 114. The van der Waals surface area contributed by atoms with Crippen LogP contribution in [-0.4, -0.2) is 24.3 Å². The number of carbonyl (C=O) groups excluding carboxylic acids is 1. The molecule has 0 bridgehead atoms. The van der Waals surface area contributed by atoms with Gasteiger partial charge in [-0.15, -0.1) is 0 Å². The number of hydrogen-bond acceptors (Lipinski definition) is 3. The predicted octanol–water partition coefficient (Wildman–Crippen LogP) is 0.00350. The maximum Gasteiger partial charge on any atom is 0.332 e. The lowest BCUT2D eigenvalue weighted by molar-refractivity contribution is 0.249. The van der Waals surface area contributed by atoms with Crippen molar-refractivity contribution in [2.75, 3.05) is 12.0 Å². The van der Waals surface area contributed by atoms with E-state index in [4.69, 9.17) is 5.73 Å². The SMILES string of the molecule is CSC/C=N\NC(N)=O. The Morgan fingerprint density at radius 2 is 2.67 bits per heavy atom. The van der Waals surface area contributed by atoms with Gasteiger partial charge in [0.2, 0.25) is 0 Å². The Labute approximate surface area is 57.9 Å². The fraction of sp³-hybridized carbons (Fsp3) is 0.500. The molecule has 0 aliphatic heterocycles. The van der Waals surface area contributed by atoms with E-state index in [0.29, 0.717) is 0 Å². The highest BCUT2D eigenvalue weighted by Gasteiger charge is 1.81. The molecular weight excluding hydrogens is 138 g/mol. The smallest absolute Gasteiger partial charge is 0.332 e. The van der Waals surface area contributed by atoms with Gasteiger partial charge in [-0.05, 0) is 6.26 Å². The fourth-order valence-electron chi connectivity index (χ4n) is 0.221. The van der Waals surface area contributed by atoms with Crippen LogP contribution in [-0.2, 0) is 0 Å². The summed E-state index contributed by atoms with van der Waals surface area (Å²) in [6.45, 7) is 0. The molecule has 0 spiro atoms. The Morgan fingerprint density at radius 1 is 2.00 bits per heavy atom. The van der Waals surface area contributed by atoms with Crippen LogP contribution >= 0.6 is 11.8 Å². The second-order valence-corrected chi connectivity index (χ2v) is 2.15. The first-order chi connectivity index (χ1) is 4.27. The van der Waals surface area contributed by atoms with Crippen molar-refractivity contribution in [1.82, 2.24) is 5.43 Å². The maximum atomic E-state index is 9.95. The number of hydrazone groups is 1. The van der Waals surface area contributed by atoms with E-state index < -0.39 is 6.03 Å². The predicted molar refractivity (Wildman–Crippen MR) is 39.6 cm³/mol. The average Bonchev–Trinajstić information content (AvgIpc) is 1.80. The highest BCUT2D eigenvalue weighted by Crippen LogP contribution is 1.84. The van der Waals surface area contributed by atoms with Gasteiger partial charge in [0.05, 0.1) is 0 Å². The van der Waals surface area contributed by atoms with Gasteiger partial charge in [-0.1, -0.05) is 0 Å². The van der Waals surface area contributed by atoms with E-state index in [0.717, 1.165) is 5.75 Å². The summed E-state index contributed by atoms with van der Waals surface area (Å²) in [6.07, 6.45) is 3.52. The van der Waals surface area contributed by atoms with Crippen molar-refractivity contribution in [3.8, 4) is 0 Å². The average molecular weight is 147 g/mol. The molecule has 0 unspecified atom stereocenters.